The summed E-state index contributed by atoms with van der Waals surface area (Å²) in [5, 5.41) is 8.74. The van der Waals surface area contributed by atoms with E-state index in [1.807, 2.05) is 13.0 Å². The Morgan fingerprint density at radius 1 is 1.57 bits per heavy atom. The van der Waals surface area contributed by atoms with Crippen molar-refractivity contribution in [3.05, 3.63) is 35.1 Å². The van der Waals surface area contributed by atoms with Gasteiger partial charge in [0.05, 0.1) is 5.92 Å². The summed E-state index contributed by atoms with van der Waals surface area (Å²) >= 11 is 0. The molecule has 3 heteroatoms. The monoisotopic (exact) mass is 194 g/mol. The molecule has 0 radical (unpaired) electrons. The molecule has 1 aromatic carbocycles. The molecule has 1 aromatic rings. The maximum Gasteiger partial charge on any atom is 0.307 e. The maximum atomic E-state index is 13.4. The van der Waals surface area contributed by atoms with Crippen molar-refractivity contribution in [1.29, 1.82) is 0 Å². The lowest BCUT2D eigenvalue weighted by molar-refractivity contribution is -0.138. The Labute approximate surface area is 81.4 Å². The molecule has 2 atom stereocenters. The van der Waals surface area contributed by atoms with Crippen molar-refractivity contribution in [2.24, 2.45) is 5.92 Å². The molecule has 0 aliphatic heterocycles. The Morgan fingerprint density at radius 2 is 2.29 bits per heavy atom. The number of rotatable bonds is 2. The number of carboxylic acid groups (broad SMARTS) is 1. The molecule has 2 nitrogen and oxygen atoms in total. The fourth-order valence-corrected chi connectivity index (χ4v) is 1.90. The summed E-state index contributed by atoms with van der Waals surface area (Å²) in [5.74, 6) is -1.60. The van der Waals surface area contributed by atoms with Crippen LogP contribution >= 0.6 is 0 Å². The fraction of sp³-hybridized carbons (Fsp3) is 0.364. The van der Waals surface area contributed by atoms with Crippen molar-refractivity contribution in [2.75, 3.05) is 0 Å². The first-order valence-corrected chi connectivity index (χ1v) is 4.59. The Balaban J connectivity index is 2.31. The van der Waals surface area contributed by atoms with Gasteiger partial charge in [0.25, 0.3) is 0 Å². The van der Waals surface area contributed by atoms with Gasteiger partial charge in [-0.2, -0.15) is 0 Å². The van der Waals surface area contributed by atoms with E-state index in [0.717, 1.165) is 5.56 Å². The zero-order valence-electron chi connectivity index (χ0n) is 7.83. The molecule has 1 N–H and O–H groups in total. The van der Waals surface area contributed by atoms with Gasteiger partial charge in [-0.25, -0.2) is 4.39 Å². The molecular weight excluding hydrogens is 183 g/mol. The molecule has 0 bridgehead atoms. The van der Waals surface area contributed by atoms with E-state index in [2.05, 4.69) is 0 Å². The molecule has 1 saturated carbocycles. The number of carbonyl (C=O) groups is 1. The number of hydrogen-bond acceptors (Lipinski definition) is 1. The SMILES string of the molecule is Cc1cccc(F)c1C1CC1C(=O)O. The maximum absolute atomic E-state index is 13.4. The van der Waals surface area contributed by atoms with Crippen molar-refractivity contribution >= 4 is 5.97 Å². The number of carboxylic acids is 1. The number of halogens is 1. The predicted octanol–water partition coefficient (Wildman–Crippen LogP) is 2.32. The Morgan fingerprint density at radius 3 is 2.79 bits per heavy atom. The fourth-order valence-electron chi connectivity index (χ4n) is 1.90. The Bertz CT molecular complexity index is 367. The van der Waals surface area contributed by atoms with E-state index >= 15 is 0 Å². The van der Waals surface area contributed by atoms with Crippen LogP contribution in [0.25, 0.3) is 0 Å². The third kappa shape index (κ3) is 1.39. The largest absolute Gasteiger partial charge is 0.481 e. The number of hydrogen-bond donors (Lipinski definition) is 1. The summed E-state index contributed by atoms with van der Waals surface area (Å²) in [4.78, 5) is 10.6. The Hall–Kier alpha value is -1.38. The van der Waals surface area contributed by atoms with Crippen LogP contribution in [-0.2, 0) is 4.79 Å². The lowest BCUT2D eigenvalue weighted by Gasteiger charge is -2.04. The topological polar surface area (TPSA) is 37.3 Å². The molecule has 2 unspecified atom stereocenters. The minimum Gasteiger partial charge on any atom is -0.481 e. The first-order valence-electron chi connectivity index (χ1n) is 4.59. The van der Waals surface area contributed by atoms with E-state index in [1.54, 1.807) is 6.07 Å². The third-order valence-electron chi connectivity index (χ3n) is 2.75. The highest BCUT2D eigenvalue weighted by Gasteiger charge is 2.45. The van der Waals surface area contributed by atoms with Crippen molar-refractivity contribution < 1.29 is 14.3 Å². The zero-order valence-corrected chi connectivity index (χ0v) is 7.83. The summed E-state index contributed by atoms with van der Waals surface area (Å²) in [7, 11) is 0. The summed E-state index contributed by atoms with van der Waals surface area (Å²) in [6.07, 6.45) is 0.567. The van der Waals surface area contributed by atoms with Crippen LogP contribution in [0.5, 0.6) is 0 Å². The second kappa shape index (κ2) is 3.08. The molecule has 0 aromatic heterocycles. The van der Waals surface area contributed by atoms with Gasteiger partial charge in [0.15, 0.2) is 0 Å². The summed E-state index contributed by atoms with van der Waals surface area (Å²) < 4.78 is 13.4. The second-order valence-electron chi connectivity index (χ2n) is 3.76. The minimum absolute atomic E-state index is 0.117. The molecule has 1 aliphatic carbocycles. The minimum atomic E-state index is -0.822. The first kappa shape index (κ1) is 9.19. The van der Waals surface area contributed by atoms with Crippen LogP contribution in [0.1, 0.15) is 23.5 Å². The molecule has 0 amide bonds. The molecule has 1 fully saturated rings. The molecule has 14 heavy (non-hydrogen) atoms. The van der Waals surface area contributed by atoms with Crippen LogP contribution in [0.3, 0.4) is 0 Å². The first-order chi connectivity index (χ1) is 6.61. The van der Waals surface area contributed by atoms with E-state index in [0.29, 0.717) is 12.0 Å². The predicted molar refractivity (Wildman–Crippen MR) is 49.6 cm³/mol. The van der Waals surface area contributed by atoms with E-state index in [9.17, 15) is 9.18 Å². The quantitative estimate of drug-likeness (QED) is 0.784. The number of benzene rings is 1. The standard InChI is InChI=1S/C11H11FO2/c1-6-3-2-4-9(12)10(6)7-5-8(7)11(13)14/h2-4,7-8H,5H2,1H3,(H,13,14). The highest BCUT2D eigenvalue weighted by molar-refractivity contribution is 5.75. The van der Waals surface area contributed by atoms with Crippen molar-refractivity contribution in [2.45, 2.75) is 19.3 Å². The van der Waals surface area contributed by atoms with E-state index in [-0.39, 0.29) is 17.7 Å². The van der Waals surface area contributed by atoms with Crippen molar-refractivity contribution in [3.8, 4) is 0 Å². The highest BCUT2D eigenvalue weighted by Crippen LogP contribution is 2.49. The average molecular weight is 194 g/mol. The zero-order chi connectivity index (χ0) is 10.3. The van der Waals surface area contributed by atoms with Gasteiger partial charge in [0.2, 0.25) is 0 Å². The van der Waals surface area contributed by atoms with Crippen LogP contribution in [-0.4, -0.2) is 11.1 Å². The molecule has 0 heterocycles. The smallest absolute Gasteiger partial charge is 0.307 e. The van der Waals surface area contributed by atoms with E-state index in [1.165, 1.54) is 6.07 Å². The highest BCUT2D eigenvalue weighted by atomic mass is 19.1. The van der Waals surface area contributed by atoms with Crippen LogP contribution in [0.4, 0.5) is 4.39 Å². The van der Waals surface area contributed by atoms with Gasteiger partial charge in [-0.1, -0.05) is 12.1 Å². The molecule has 0 saturated heterocycles. The van der Waals surface area contributed by atoms with Crippen LogP contribution < -0.4 is 0 Å². The van der Waals surface area contributed by atoms with Crippen LogP contribution in [0.2, 0.25) is 0 Å². The normalized spacial score (nSPS) is 24.7. The summed E-state index contributed by atoms with van der Waals surface area (Å²) in [6.45, 7) is 1.82. The molecular formula is C11H11FO2. The molecule has 0 spiro atoms. The molecule has 74 valence electrons. The summed E-state index contributed by atoms with van der Waals surface area (Å²) in [5.41, 5.74) is 1.43. The summed E-state index contributed by atoms with van der Waals surface area (Å²) in [6, 6.07) is 4.85. The van der Waals surface area contributed by atoms with Crippen molar-refractivity contribution in [3.63, 3.8) is 0 Å². The van der Waals surface area contributed by atoms with Crippen LogP contribution in [0.15, 0.2) is 18.2 Å². The third-order valence-corrected chi connectivity index (χ3v) is 2.75. The van der Waals surface area contributed by atoms with Gasteiger partial charge in [-0.05, 0) is 30.5 Å². The van der Waals surface area contributed by atoms with Gasteiger partial charge in [0, 0.05) is 5.92 Å². The van der Waals surface area contributed by atoms with Crippen LogP contribution in [0, 0.1) is 18.7 Å². The van der Waals surface area contributed by atoms with E-state index in [4.69, 9.17) is 5.11 Å². The van der Waals surface area contributed by atoms with Gasteiger partial charge in [-0.15, -0.1) is 0 Å². The van der Waals surface area contributed by atoms with Gasteiger partial charge in [0.1, 0.15) is 5.82 Å². The number of aliphatic carboxylic acids is 1. The van der Waals surface area contributed by atoms with Gasteiger partial charge >= 0.3 is 5.97 Å². The van der Waals surface area contributed by atoms with Gasteiger partial charge in [-0.3, -0.25) is 4.79 Å². The Kier molecular flexibility index (Phi) is 2.02. The van der Waals surface area contributed by atoms with Crippen molar-refractivity contribution in [1.82, 2.24) is 0 Å². The van der Waals surface area contributed by atoms with Gasteiger partial charge < -0.3 is 5.11 Å². The lowest BCUT2D eigenvalue weighted by atomic mass is 10.0. The average Bonchev–Trinajstić information content (AvgIpc) is 2.83. The lowest BCUT2D eigenvalue weighted by Crippen LogP contribution is -2.01. The second-order valence-corrected chi connectivity index (χ2v) is 3.76. The van der Waals surface area contributed by atoms with E-state index < -0.39 is 5.97 Å². The number of aryl methyl sites for hydroxylation is 1. The molecule has 1 aliphatic rings. The molecule has 2 rings (SSSR count).